The van der Waals surface area contributed by atoms with Crippen molar-refractivity contribution >= 4 is 39.1 Å². The lowest BCUT2D eigenvalue weighted by atomic mass is 10.0. The number of rotatable bonds is 14. The highest BCUT2D eigenvalue weighted by atomic mass is 35.5. The molecule has 0 aromatic heterocycles. The molecular formula is C36H40ClN3O5S. The van der Waals surface area contributed by atoms with E-state index in [1.807, 2.05) is 57.2 Å². The quantitative estimate of drug-likeness (QED) is 0.169. The van der Waals surface area contributed by atoms with Gasteiger partial charge in [0, 0.05) is 24.0 Å². The summed E-state index contributed by atoms with van der Waals surface area (Å²) in [5.41, 5.74) is 2.73. The van der Waals surface area contributed by atoms with Crippen LogP contribution in [0.4, 0.5) is 5.69 Å². The van der Waals surface area contributed by atoms with Crippen molar-refractivity contribution in [2.24, 2.45) is 0 Å². The monoisotopic (exact) mass is 661 g/mol. The Morgan fingerprint density at radius 2 is 1.52 bits per heavy atom. The second-order valence-electron chi connectivity index (χ2n) is 11.2. The Kier molecular flexibility index (Phi) is 11.8. The summed E-state index contributed by atoms with van der Waals surface area (Å²) in [5, 5.41) is 3.47. The Hall–Kier alpha value is -4.34. The number of nitrogens with one attached hydrogen (secondary N) is 1. The predicted molar refractivity (Wildman–Crippen MR) is 183 cm³/mol. The number of methoxy groups -OCH3 is 1. The summed E-state index contributed by atoms with van der Waals surface area (Å²) < 4.78 is 34.7. The molecule has 242 valence electrons. The zero-order valence-electron chi connectivity index (χ0n) is 26.5. The highest BCUT2D eigenvalue weighted by Crippen LogP contribution is 2.27. The van der Waals surface area contributed by atoms with Crippen molar-refractivity contribution in [1.82, 2.24) is 10.2 Å². The van der Waals surface area contributed by atoms with E-state index >= 15 is 0 Å². The third kappa shape index (κ3) is 8.68. The van der Waals surface area contributed by atoms with Gasteiger partial charge in [-0.3, -0.25) is 13.9 Å². The van der Waals surface area contributed by atoms with E-state index < -0.39 is 28.5 Å². The highest BCUT2D eigenvalue weighted by molar-refractivity contribution is 7.92. The van der Waals surface area contributed by atoms with Crippen molar-refractivity contribution in [2.45, 2.75) is 57.1 Å². The summed E-state index contributed by atoms with van der Waals surface area (Å²) in [6.45, 7) is 5.20. The van der Waals surface area contributed by atoms with Gasteiger partial charge in [0.15, 0.2) is 0 Å². The maximum atomic E-state index is 14.6. The molecule has 2 amide bonds. The summed E-state index contributed by atoms with van der Waals surface area (Å²) in [4.78, 5) is 29.9. The molecule has 0 spiro atoms. The number of amides is 2. The van der Waals surface area contributed by atoms with E-state index in [0.717, 1.165) is 15.4 Å². The van der Waals surface area contributed by atoms with Crippen molar-refractivity contribution in [2.75, 3.05) is 18.0 Å². The topological polar surface area (TPSA) is 96.0 Å². The Labute approximate surface area is 277 Å². The maximum absolute atomic E-state index is 14.6. The molecule has 0 aliphatic rings. The predicted octanol–water partition coefficient (Wildman–Crippen LogP) is 6.41. The number of carbonyl (C=O) groups is 2. The number of halogens is 1. The van der Waals surface area contributed by atoms with Crippen LogP contribution in [0.3, 0.4) is 0 Å². The van der Waals surface area contributed by atoms with Gasteiger partial charge in [0.1, 0.15) is 18.3 Å². The molecule has 0 aliphatic heterocycles. The first kappa shape index (κ1) is 34.5. The fourth-order valence-corrected chi connectivity index (χ4v) is 6.53. The second kappa shape index (κ2) is 15.8. The maximum Gasteiger partial charge on any atom is 0.264 e. The summed E-state index contributed by atoms with van der Waals surface area (Å²) in [7, 11) is -2.73. The van der Waals surface area contributed by atoms with Crippen LogP contribution in [0.1, 0.15) is 37.0 Å². The van der Waals surface area contributed by atoms with Crippen LogP contribution in [0, 0.1) is 6.92 Å². The summed E-state index contributed by atoms with van der Waals surface area (Å²) >= 11 is 6.56. The average molecular weight is 662 g/mol. The van der Waals surface area contributed by atoms with Crippen LogP contribution in [0.5, 0.6) is 5.75 Å². The van der Waals surface area contributed by atoms with Crippen LogP contribution in [0.2, 0.25) is 5.02 Å². The number of aryl methyl sites for hydroxylation is 1. The molecule has 46 heavy (non-hydrogen) atoms. The lowest BCUT2D eigenvalue weighted by molar-refractivity contribution is -0.140. The van der Waals surface area contributed by atoms with Gasteiger partial charge in [-0.2, -0.15) is 0 Å². The number of nitrogens with zero attached hydrogens (tertiary/aromatic N) is 2. The molecule has 0 bridgehead atoms. The van der Waals surface area contributed by atoms with Crippen molar-refractivity contribution in [3.63, 3.8) is 0 Å². The number of hydrogen-bond donors (Lipinski definition) is 1. The van der Waals surface area contributed by atoms with Crippen molar-refractivity contribution in [1.29, 1.82) is 0 Å². The first-order valence-electron chi connectivity index (χ1n) is 15.1. The minimum atomic E-state index is -4.23. The third-order valence-corrected chi connectivity index (χ3v) is 9.98. The van der Waals surface area contributed by atoms with Gasteiger partial charge in [-0.15, -0.1) is 0 Å². The Morgan fingerprint density at radius 1 is 0.891 bits per heavy atom. The van der Waals surface area contributed by atoms with E-state index in [9.17, 15) is 18.0 Å². The molecule has 0 saturated heterocycles. The molecule has 0 unspecified atom stereocenters. The van der Waals surface area contributed by atoms with Gasteiger partial charge in [-0.05, 0) is 73.9 Å². The molecular weight excluding hydrogens is 622 g/mol. The minimum absolute atomic E-state index is 0.00493. The fraction of sp³-hybridized carbons (Fsp3) is 0.278. The van der Waals surface area contributed by atoms with Gasteiger partial charge < -0.3 is 15.0 Å². The average Bonchev–Trinajstić information content (AvgIpc) is 3.06. The van der Waals surface area contributed by atoms with E-state index in [1.54, 1.807) is 54.6 Å². The fourth-order valence-electron chi connectivity index (χ4n) is 4.92. The van der Waals surface area contributed by atoms with Crippen molar-refractivity contribution in [3.05, 3.63) is 125 Å². The number of benzene rings is 4. The second-order valence-corrected chi connectivity index (χ2v) is 13.4. The Balaban J connectivity index is 1.81. The molecule has 4 aromatic carbocycles. The van der Waals surface area contributed by atoms with E-state index in [1.165, 1.54) is 24.1 Å². The zero-order chi connectivity index (χ0) is 33.3. The highest BCUT2D eigenvalue weighted by Gasteiger charge is 2.35. The van der Waals surface area contributed by atoms with Crippen LogP contribution < -0.4 is 14.4 Å². The van der Waals surface area contributed by atoms with E-state index in [4.69, 9.17) is 16.3 Å². The molecule has 0 aliphatic carbocycles. The number of carbonyl (C=O) groups excluding carboxylic acids is 2. The van der Waals surface area contributed by atoms with Crippen LogP contribution in [-0.4, -0.2) is 50.9 Å². The molecule has 0 fully saturated rings. The molecule has 8 nitrogen and oxygen atoms in total. The summed E-state index contributed by atoms with van der Waals surface area (Å²) in [5.74, 6) is -0.393. The molecule has 4 rings (SSSR count). The van der Waals surface area contributed by atoms with Gasteiger partial charge in [0.25, 0.3) is 10.0 Å². The minimum Gasteiger partial charge on any atom is -0.497 e. The molecule has 0 heterocycles. The number of ether oxygens (including phenoxy) is 1. The van der Waals surface area contributed by atoms with Crippen LogP contribution in [-0.2, 0) is 32.6 Å². The lowest BCUT2D eigenvalue weighted by Crippen LogP contribution is -2.54. The van der Waals surface area contributed by atoms with E-state index in [2.05, 4.69) is 5.32 Å². The molecule has 0 saturated carbocycles. The van der Waals surface area contributed by atoms with Crippen LogP contribution in [0.25, 0.3) is 0 Å². The first-order chi connectivity index (χ1) is 22.0. The molecule has 1 N–H and O–H groups in total. The van der Waals surface area contributed by atoms with Crippen LogP contribution in [0.15, 0.2) is 108 Å². The van der Waals surface area contributed by atoms with Gasteiger partial charge in [-0.1, -0.05) is 84.8 Å². The van der Waals surface area contributed by atoms with E-state index in [-0.39, 0.29) is 29.8 Å². The molecule has 2 atom stereocenters. The van der Waals surface area contributed by atoms with Crippen LogP contribution >= 0.6 is 11.6 Å². The van der Waals surface area contributed by atoms with Crippen molar-refractivity contribution < 1.29 is 22.7 Å². The van der Waals surface area contributed by atoms with Gasteiger partial charge in [-0.25, -0.2) is 8.42 Å². The molecule has 4 aromatic rings. The van der Waals surface area contributed by atoms with E-state index in [0.29, 0.717) is 28.4 Å². The van der Waals surface area contributed by atoms with Gasteiger partial charge in [0.05, 0.1) is 17.7 Å². The largest absolute Gasteiger partial charge is 0.497 e. The normalized spacial score (nSPS) is 12.5. The Bertz CT molecular complexity index is 1720. The Morgan fingerprint density at radius 3 is 2.13 bits per heavy atom. The number of hydrogen-bond acceptors (Lipinski definition) is 5. The first-order valence-corrected chi connectivity index (χ1v) is 17.0. The van der Waals surface area contributed by atoms with Gasteiger partial charge >= 0.3 is 0 Å². The molecule has 10 heteroatoms. The van der Waals surface area contributed by atoms with Crippen molar-refractivity contribution in [3.8, 4) is 5.75 Å². The molecule has 0 radical (unpaired) electrons. The zero-order valence-corrected chi connectivity index (χ0v) is 28.1. The standard InChI is InChI=1S/C36H40ClN3O5S/c1-5-27(3)38-36(42)34(23-28-11-7-6-8-12-28)39(24-29-13-9-10-14-33(29)37)35(41)25-40(30-17-15-26(2)16-18-30)46(43,44)32-21-19-31(45-4)20-22-32/h6-22,27,34H,5,23-25H2,1-4H3,(H,38,42)/t27-,34-/m0/s1. The lowest BCUT2D eigenvalue weighted by Gasteiger charge is -2.34. The van der Waals surface area contributed by atoms with Gasteiger partial charge in [0.2, 0.25) is 11.8 Å². The third-order valence-electron chi connectivity index (χ3n) is 7.82. The summed E-state index contributed by atoms with van der Waals surface area (Å²) in [6.07, 6.45) is 0.915. The smallest absolute Gasteiger partial charge is 0.264 e. The number of sulfonamides is 1. The number of anilines is 1. The SMILES string of the molecule is CC[C@H](C)NC(=O)[C@H](Cc1ccccc1)N(Cc1ccccc1Cl)C(=O)CN(c1ccc(C)cc1)S(=O)(=O)c1ccc(OC)cc1. The summed E-state index contributed by atoms with van der Waals surface area (Å²) in [6, 6.07) is 28.3.